The molecule has 0 saturated heterocycles. The Hall–Kier alpha value is -4.52. The zero-order chi connectivity index (χ0) is 21.6. The van der Waals surface area contributed by atoms with Crippen LogP contribution in [0.5, 0.6) is 5.75 Å². The number of amides is 1. The Morgan fingerprint density at radius 3 is 2.29 bits per heavy atom. The van der Waals surface area contributed by atoms with Crippen molar-refractivity contribution in [1.29, 1.82) is 0 Å². The first-order valence-corrected chi connectivity index (χ1v) is 9.49. The molecule has 0 spiro atoms. The second-order valence-corrected chi connectivity index (χ2v) is 6.68. The molecule has 0 aliphatic rings. The lowest BCUT2D eigenvalue weighted by Crippen LogP contribution is -2.28. The molecule has 0 saturated carbocycles. The van der Waals surface area contributed by atoms with E-state index in [9.17, 15) is 14.7 Å². The van der Waals surface area contributed by atoms with E-state index in [1.165, 1.54) is 18.3 Å². The Balaban J connectivity index is 1.78. The van der Waals surface area contributed by atoms with Crippen molar-refractivity contribution >= 4 is 12.1 Å². The monoisotopic (exact) mass is 410 g/mol. The normalized spacial score (nSPS) is 10.8. The molecule has 31 heavy (non-hydrogen) atoms. The van der Waals surface area contributed by atoms with E-state index in [-0.39, 0.29) is 11.3 Å². The predicted octanol–water partition coefficient (Wildman–Crippen LogP) is 3.57. The maximum Gasteiger partial charge on any atom is 0.277 e. The Kier molecular flexibility index (Phi) is 5.66. The third-order valence-electron chi connectivity index (χ3n) is 4.57. The van der Waals surface area contributed by atoms with Crippen LogP contribution in [0.4, 0.5) is 0 Å². The Labute approximate surface area is 177 Å². The maximum atomic E-state index is 13.0. The highest BCUT2D eigenvalue weighted by Crippen LogP contribution is 2.31. The summed E-state index contributed by atoms with van der Waals surface area (Å²) in [5.41, 5.74) is 4.62. The zero-order valence-electron chi connectivity index (χ0n) is 16.3. The molecule has 0 radical (unpaired) electrons. The van der Waals surface area contributed by atoms with Crippen LogP contribution in [0.1, 0.15) is 15.9 Å². The van der Waals surface area contributed by atoms with Crippen LogP contribution < -0.4 is 11.0 Å². The van der Waals surface area contributed by atoms with E-state index in [1.54, 1.807) is 12.1 Å². The third-order valence-corrected chi connectivity index (χ3v) is 4.57. The molecule has 0 aliphatic carbocycles. The molecular weight excluding hydrogens is 392 g/mol. The third kappa shape index (κ3) is 4.40. The summed E-state index contributed by atoms with van der Waals surface area (Å²) >= 11 is 0. The summed E-state index contributed by atoms with van der Waals surface area (Å²) in [7, 11) is 0. The summed E-state index contributed by atoms with van der Waals surface area (Å²) in [5.74, 6) is -0.587. The smallest absolute Gasteiger partial charge is 0.277 e. The molecule has 7 heteroatoms. The van der Waals surface area contributed by atoms with Crippen molar-refractivity contribution < 1.29 is 9.90 Å². The van der Waals surface area contributed by atoms with Crippen LogP contribution in [0.3, 0.4) is 0 Å². The summed E-state index contributed by atoms with van der Waals surface area (Å²) in [5, 5.41) is 20.1. The summed E-state index contributed by atoms with van der Waals surface area (Å²) in [6.45, 7) is 0. The number of hydrazone groups is 1. The second-order valence-electron chi connectivity index (χ2n) is 6.68. The zero-order valence-corrected chi connectivity index (χ0v) is 16.3. The molecule has 3 N–H and O–H groups in total. The number of phenols is 1. The Bertz CT molecular complexity index is 1300. The number of nitrogens with zero attached hydrogens (tertiary/aromatic N) is 2. The SMILES string of the molecule is O=C(NN=Cc1cccc(O)c1)c1c(-c2ccccc2)c(-c2ccccc2)n[nH]c1=O. The van der Waals surface area contributed by atoms with Crippen molar-refractivity contribution in [2.24, 2.45) is 5.10 Å². The average Bonchev–Trinajstić information content (AvgIpc) is 2.80. The van der Waals surface area contributed by atoms with Crippen LogP contribution in [-0.2, 0) is 0 Å². The van der Waals surface area contributed by atoms with E-state index in [0.29, 0.717) is 22.4 Å². The molecule has 1 heterocycles. The summed E-state index contributed by atoms with van der Waals surface area (Å²) in [6, 6.07) is 24.8. The fraction of sp³-hybridized carbons (Fsp3) is 0. The highest BCUT2D eigenvalue weighted by molar-refractivity contribution is 6.03. The molecule has 0 unspecified atom stereocenters. The average molecular weight is 410 g/mol. The van der Waals surface area contributed by atoms with E-state index < -0.39 is 11.5 Å². The largest absolute Gasteiger partial charge is 0.508 e. The number of aromatic nitrogens is 2. The van der Waals surface area contributed by atoms with E-state index >= 15 is 0 Å². The molecule has 1 aromatic heterocycles. The van der Waals surface area contributed by atoms with Crippen LogP contribution in [0.15, 0.2) is 94.8 Å². The van der Waals surface area contributed by atoms with Gasteiger partial charge in [-0.1, -0.05) is 72.8 Å². The maximum absolute atomic E-state index is 13.0. The van der Waals surface area contributed by atoms with E-state index in [1.807, 2.05) is 60.7 Å². The lowest BCUT2D eigenvalue weighted by molar-refractivity contribution is 0.0954. The fourth-order valence-electron chi connectivity index (χ4n) is 3.18. The molecule has 7 nitrogen and oxygen atoms in total. The first-order valence-electron chi connectivity index (χ1n) is 9.49. The highest BCUT2D eigenvalue weighted by Gasteiger charge is 2.22. The summed E-state index contributed by atoms with van der Waals surface area (Å²) in [6.07, 6.45) is 1.38. The van der Waals surface area contributed by atoms with Gasteiger partial charge >= 0.3 is 0 Å². The van der Waals surface area contributed by atoms with Gasteiger partial charge in [-0.2, -0.15) is 10.2 Å². The van der Waals surface area contributed by atoms with E-state index in [4.69, 9.17) is 0 Å². The topological polar surface area (TPSA) is 107 Å². The van der Waals surface area contributed by atoms with Crippen molar-refractivity contribution in [1.82, 2.24) is 15.6 Å². The van der Waals surface area contributed by atoms with Gasteiger partial charge in [-0.15, -0.1) is 0 Å². The molecule has 1 amide bonds. The van der Waals surface area contributed by atoms with Gasteiger partial charge in [0.25, 0.3) is 11.5 Å². The number of nitrogens with one attached hydrogen (secondary N) is 2. The van der Waals surface area contributed by atoms with Gasteiger partial charge in [0.2, 0.25) is 0 Å². The lowest BCUT2D eigenvalue weighted by Gasteiger charge is -2.12. The molecule has 3 aromatic carbocycles. The Morgan fingerprint density at radius 1 is 0.935 bits per heavy atom. The van der Waals surface area contributed by atoms with Gasteiger partial charge in [0.1, 0.15) is 11.3 Å². The van der Waals surface area contributed by atoms with Crippen LogP contribution in [0.25, 0.3) is 22.4 Å². The molecule has 0 aliphatic heterocycles. The minimum Gasteiger partial charge on any atom is -0.508 e. The van der Waals surface area contributed by atoms with Crippen molar-refractivity contribution in [3.63, 3.8) is 0 Å². The molecule has 4 rings (SSSR count). The highest BCUT2D eigenvalue weighted by atomic mass is 16.3. The van der Waals surface area contributed by atoms with E-state index in [0.717, 1.165) is 5.56 Å². The number of phenolic OH excluding ortho intramolecular Hbond substituents is 1. The standard InChI is InChI=1S/C24H18N4O3/c29-19-13-7-8-16(14-19)15-25-27-23(30)21-20(17-9-3-1-4-10-17)22(26-28-24(21)31)18-11-5-2-6-12-18/h1-15,29H,(H,27,30)(H,28,31). The van der Waals surface area contributed by atoms with Gasteiger partial charge in [-0.3, -0.25) is 9.59 Å². The van der Waals surface area contributed by atoms with Gasteiger partial charge in [-0.25, -0.2) is 10.5 Å². The molecule has 4 aromatic rings. The molecule has 152 valence electrons. The number of carbonyl (C=O) groups excluding carboxylic acids is 1. The number of H-pyrrole nitrogens is 1. The number of hydrogen-bond donors (Lipinski definition) is 3. The lowest BCUT2D eigenvalue weighted by atomic mass is 9.95. The number of aromatic amines is 1. The van der Waals surface area contributed by atoms with Crippen molar-refractivity contribution in [2.75, 3.05) is 0 Å². The van der Waals surface area contributed by atoms with E-state index in [2.05, 4.69) is 20.7 Å². The van der Waals surface area contributed by atoms with Gasteiger partial charge in [0.15, 0.2) is 0 Å². The first kappa shape index (κ1) is 19.8. The molecule has 0 bridgehead atoms. The number of rotatable bonds is 5. The molecule has 0 fully saturated rings. The predicted molar refractivity (Wildman–Crippen MR) is 119 cm³/mol. The number of hydrogen-bond acceptors (Lipinski definition) is 5. The molecular formula is C24H18N4O3. The number of benzene rings is 3. The molecule has 0 atom stereocenters. The number of aromatic hydroxyl groups is 1. The quantitative estimate of drug-likeness (QED) is 0.345. The van der Waals surface area contributed by atoms with Crippen LogP contribution >= 0.6 is 0 Å². The van der Waals surface area contributed by atoms with Crippen LogP contribution in [0.2, 0.25) is 0 Å². The van der Waals surface area contributed by atoms with Gasteiger partial charge < -0.3 is 5.11 Å². The van der Waals surface area contributed by atoms with Crippen molar-refractivity contribution in [2.45, 2.75) is 0 Å². The number of carbonyl (C=O) groups is 1. The minimum absolute atomic E-state index is 0.0831. The fourth-order valence-corrected chi connectivity index (χ4v) is 3.18. The van der Waals surface area contributed by atoms with Crippen molar-refractivity contribution in [3.05, 3.63) is 106 Å². The first-order chi connectivity index (χ1) is 15.1. The second kappa shape index (κ2) is 8.87. The minimum atomic E-state index is -0.670. The van der Waals surface area contributed by atoms with Gasteiger partial charge in [0, 0.05) is 11.1 Å². The van der Waals surface area contributed by atoms with Crippen LogP contribution in [0, 0.1) is 0 Å². The summed E-state index contributed by atoms with van der Waals surface area (Å²) in [4.78, 5) is 25.6. The van der Waals surface area contributed by atoms with Crippen molar-refractivity contribution in [3.8, 4) is 28.1 Å². The van der Waals surface area contributed by atoms with Crippen LogP contribution in [-0.4, -0.2) is 27.4 Å². The Morgan fingerprint density at radius 2 is 1.61 bits per heavy atom. The van der Waals surface area contributed by atoms with Gasteiger partial charge in [0.05, 0.1) is 11.9 Å². The summed E-state index contributed by atoms with van der Waals surface area (Å²) < 4.78 is 0. The van der Waals surface area contributed by atoms with Gasteiger partial charge in [-0.05, 0) is 23.3 Å².